The fourth-order valence-electron chi connectivity index (χ4n) is 2.67. The number of hydrogen-bond acceptors (Lipinski definition) is 4. The summed E-state index contributed by atoms with van der Waals surface area (Å²) in [5, 5.41) is 6.62. The summed E-state index contributed by atoms with van der Waals surface area (Å²) in [7, 11) is 4.27. The monoisotopic (exact) mass is 309 g/mol. The minimum absolute atomic E-state index is 0.591. The van der Waals surface area contributed by atoms with Gasteiger partial charge in [0.05, 0.1) is 23.8 Å². The Morgan fingerprint density at radius 3 is 3.00 bits per heavy atom. The topological polar surface area (TPSA) is 43.8 Å². The van der Waals surface area contributed by atoms with Crippen molar-refractivity contribution in [1.29, 1.82) is 0 Å². The largest absolute Gasteiger partial charge is 0.357 e. The fraction of sp³-hybridized carbons (Fsp3) is 0.733. The van der Waals surface area contributed by atoms with Gasteiger partial charge in [-0.1, -0.05) is 0 Å². The third-order valence-electron chi connectivity index (χ3n) is 3.89. The zero-order valence-electron chi connectivity index (χ0n) is 13.6. The highest BCUT2D eigenvalue weighted by Gasteiger charge is 2.20. The van der Waals surface area contributed by atoms with Gasteiger partial charge >= 0.3 is 0 Å². The van der Waals surface area contributed by atoms with Gasteiger partial charge in [-0.3, -0.25) is 4.99 Å². The molecule has 6 heteroatoms. The number of thiazole rings is 1. The van der Waals surface area contributed by atoms with Crippen LogP contribution in [0.3, 0.4) is 0 Å². The van der Waals surface area contributed by atoms with E-state index in [1.807, 2.05) is 6.92 Å². The first-order valence-corrected chi connectivity index (χ1v) is 8.58. The van der Waals surface area contributed by atoms with Gasteiger partial charge in [-0.25, -0.2) is 4.98 Å². The van der Waals surface area contributed by atoms with Crippen LogP contribution in [0.15, 0.2) is 10.4 Å². The molecule has 1 aromatic heterocycles. The molecule has 1 aliphatic rings. The van der Waals surface area contributed by atoms with Gasteiger partial charge in [-0.05, 0) is 40.3 Å². The highest BCUT2D eigenvalue weighted by atomic mass is 32.1. The lowest BCUT2D eigenvalue weighted by atomic mass is 10.2. The van der Waals surface area contributed by atoms with Crippen LogP contribution in [0.2, 0.25) is 0 Å². The van der Waals surface area contributed by atoms with Gasteiger partial charge in [0.1, 0.15) is 0 Å². The van der Waals surface area contributed by atoms with Crippen molar-refractivity contribution in [1.82, 2.24) is 20.1 Å². The van der Waals surface area contributed by atoms with Crippen LogP contribution in [0, 0.1) is 6.92 Å². The standard InChI is InChI=1S/C15H27N5S/c1-5-16-15(17-9-14-7-6-8-19(14)3)20(4)10-13-11-21-12(2)18-13/h11,14H,5-10H2,1-4H3,(H,16,17). The minimum Gasteiger partial charge on any atom is -0.357 e. The lowest BCUT2D eigenvalue weighted by molar-refractivity contribution is 0.316. The number of aryl methyl sites for hydroxylation is 1. The number of aromatic nitrogens is 1. The van der Waals surface area contributed by atoms with Crippen molar-refractivity contribution in [2.45, 2.75) is 39.3 Å². The molecule has 0 aromatic carbocycles. The number of guanidine groups is 1. The van der Waals surface area contributed by atoms with E-state index >= 15 is 0 Å². The highest BCUT2D eigenvalue weighted by Crippen LogP contribution is 2.15. The number of nitrogens with one attached hydrogen (secondary N) is 1. The summed E-state index contributed by atoms with van der Waals surface area (Å²) in [6, 6.07) is 0.591. The lowest BCUT2D eigenvalue weighted by Crippen LogP contribution is -2.39. The Labute approximate surface area is 132 Å². The second kappa shape index (κ2) is 7.75. The molecule has 0 aliphatic carbocycles. The molecular weight excluding hydrogens is 282 g/mol. The van der Waals surface area contributed by atoms with Crippen LogP contribution >= 0.6 is 11.3 Å². The number of rotatable bonds is 5. The Bertz CT molecular complexity index is 470. The molecule has 1 N–H and O–H groups in total. The average Bonchev–Trinajstić information content (AvgIpc) is 3.03. The van der Waals surface area contributed by atoms with E-state index in [2.05, 4.69) is 46.5 Å². The molecule has 1 aromatic rings. The van der Waals surface area contributed by atoms with Crippen molar-refractivity contribution in [2.24, 2.45) is 4.99 Å². The lowest BCUT2D eigenvalue weighted by Gasteiger charge is -2.23. The van der Waals surface area contributed by atoms with Crippen LogP contribution in [0.4, 0.5) is 0 Å². The molecule has 1 saturated heterocycles. The van der Waals surface area contributed by atoms with E-state index in [1.165, 1.54) is 19.4 Å². The third-order valence-corrected chi connectivity index (χ3v) is 4.71. The van der Waals surface area contributed by atoms with Crippen LogP contribution in [-0.2, 0) is 6.54 Å². The fourth-order valence-corrected chi connectivity index (χ4v) is 3.27. The van der Waals surface area contributed by atoms with Gasteiger partial charge in [0.25, 0.3) is 0 Å². The molecule has 1 aliphatic heterocycles. The number of likely N-dealkylation sites (N-methyl/N-ethyl adjacent to an activating group) is 1. The normalized spacial score (nSPS) is 20.0. The van der Waals surface area contributed by atoms with Gasteiger partial charge in [-0.2, -0.15) is 0 Å². The maximum absolute atomic E-state index is 4.81. The van der Waals surface area contributed by atoms with E-state index in [4.69, 9.17) is 4.99 Å². The highest BCUT2D eigenvalue weighted by molar-refractivity contribution is 7.09. The first-order chi connectivity index (χ1) is 10.1. The van der Waals surface area contributed by atoms with Crippen molar-refractivity contribution >= 4 is 17.3 Å². The molecule has 0 saturated carbocycles. The maximum atomic E-state index is 4.81. The molecule has 2 rings (SSSR count). The van der Waals surface area contributed by atoms with E-state index in [0.29, 0.717) is 6.04 Å². The second-order valence-electron chi connectivity index (χ2n) is 5.69. The van der Waals surface area contributed by atoms with E-state index in [1.54, 1.807) is 11.3 Å². The Morgan fingerprint density at radius 2 is 2.43 bits per heavy atom. The molecule has 21 heavy (non-hydrogen) atoms. The Hall–Kier alpha value is -1.14. The summed E-state index contributed by atoms with van der Waals surface area (Å²) >= 11 is 1.70. The van der Waals surface area contributed by atoms with Crippen molar-refractivity contribution in [3.8, 4) is 0 Å². The minimum atomic E-state index is 0.591. The Balaban J connectivity index is 1.95. The Kier molecular flexibility index (Phi) is 5.99. The summed E-state index contributed by atoms with van der Waals surface area (Å²) in [5.74, 6) is 0.975. The second-order valence-corrected chi connectivity index (χ2v) is 6.75. The van der Waals surface area contributed by atoms with Crippen LogP contribution in [-0.4, -0.2) is 60.5 Å². The van der Waals surface area contributed by atoms with Crippen molar-refractivity contribution in [3.05, 3.63) is 16.1 Å². The quantitative estimate of drug-likeness (QED) is 0.667. The smallest absolute Gasteiger partial charge is 0.194 e. The van der Waals surface area contributed by atoms with Crippen LogP contribution < -0.4 is 5.32 Å². The van der Waals surface area contributed by atoms with Crippen molar-refractivity contribution in [2.75, 3.05) is 33.7 Å². The molecule has 0 spiro atoms. The molecular formula is C15H27N5S. The van der Waals surface area contributed by atoms with E-state index in [9.17, 15) is 0 Å². The molecule has 0 amide bonds. The van der Waals surface area contributed by atoms with Crippen molar-refractivity contribution < 1.29 is 0 Å². The predicted octanol–water partition coefficient (Wildman–Crippen LogP) is 1.94. The summed E-state index contributed by atoms with van der Waals surface area (Å²) < 4.78 is 0. The predicted molar refractivity (Wildman–Crippen MR) is 89.9 cm³/mol. The first kappa shape index (κ1) is 16.2. The van der Waals surface area contributed by atoms with Gasteiger partial charge < -0.3 is 15.1 Å². The first-order valence-electron chi connectivity index (χ1n) is 7.70. The molecule has 1 fully saturated rings. The van der Waals surface area contributed by atoms with E-state index in [-0.39, 0.29) is 0 Å². The third kappa shape index (κ3) is 4.68. The zero-order chi connectivity index (χ0) is 15.2. The number of aliphatic imine (C=N–C) groups is 1. The van der Waals surface area contributed by atoms with E-state index in [0.717, 1.165) is 36.3 Å². The number of hydrogen-bond donors (Lipinski definition) is 1. The SMILES string of the molecule is CCNC(=NCC1CCCN1C)N(C)Cc1csc(C)n1. The summed E-state index contributed by atoms with van der Waals surface area (Å²) in [5.41, 5.74) is 1.11. The Morgan fingerprint density at radius 1 is 1.62 bits per heavy atom. The van der Waals surface area contributed by atoms with Gasteiger partial charge in [-0.15, -0.1) is 11.3 Å². The summed E-state index contributed by atoms with van der Waals surface area (Å²) in [6.07, 6.45) is 2.55. The molecule has 1 atom stereocenters. The van der Waals surface area contributed by atoms with Crippen LogP contribution in [0.25, 0.3) is 0 Å². The van der Waals surface area contributed by atoms with Gasteiger partial charge in [0.2, 0.25) is 0 Å². The zero-order valence-corrected chi connectivity index (χ0v) is 14.4. The van der Waals surface area contributed by atoms with Gasteiger partial charge in [0.15, 0.2) is 5.96 Å². The number of likely N-dealkylation sites (tertiary alicyclic amines) is 1. The van der Waals surface area contributed by atoms with Gasteiger partial charge in [0, 0.05) is 25.0 Å². The molecule has 0 bridgehead atoms. The maximum Gasteiger partial charge on any atom is 0.194 e. The summed E-state index contributed by atoms with van der Waals surface area (Å²) in [4.78, 5) is 13.9. The van der Waals surface area contributed by atoms with E-state index < -0.39 is 0 Å². The molecule has 0 radical (unpaired) electrons. The van der Waals surface area contributed by atoms with Crippen molar-refractivity contribution in [3.63, 3.8) is 0 Å². The van der Waals surface area contributed by atoms with Crippen LogP contribution in [0.5, 0.6) is 0 Å². The molecule has 1 unspecified atom stereocenters. The number of nitrogens with zero attached hydrogens (tertiary/aromatic N) is 4. The summed E-state index contributed by atoms with van der Waals surface area (Å²) in [6.45, 7) is 7.92. The molecule has 118 valence electrons. The van der Waals surface area contributed by atoms with Crippen LogP contribution in [0.1, 0.15) is 30.5 Å². The average molecular weight is 309 g/mol. The molecule has 2 heterocycles. The molecule has 5 nitrogen and oxygen atoms in total.